The summed E-state index contributed by atoms with van der Waals surface area (Å²) >= 11 is 0. The number of nitrogens with zero attached hydrogens (tertiary/aromatic N) is 4. The number of hydrogen-bond donors (Lipinski definition) is 2. The van der Waals surface area contributed by atoms with Gasteiger partial charge in [-0.2, -0.15) is 0 Å². The zero-order chi connectivity index (χ0) is 20.9. The van der Waals surface area contributed by atoms with Crippen LogP contribution in [0.2, 0.25) is 0 Å². The van der Waals surface area contributed by atoms with Crippen LogP contribution in [0, 0.1) is 6.92 Å². The first-order valence-corrected chi connectivity index (χ1v) is 10.1. The summed E-state index contributed by atoms with van der Waals surface area (Å²) in [6.45, 7) is 6.00. The van der Waals surface area contributed by atoms with Crippen LogP contribution >= 0.6 is 0 Å². The van der Waals surface area contributed by atoms with Crippen LogP contribution < -0.4 is 15.5 Å². The fourth-order valence-electron chi connectivity index (χ4n) is 3.42. The molecule has 30 heavy (non-hydrogen) atoms. The van der Waals surface area contributed by atoms with Crippen LogP contribution in [0.1, 0.15) is 5.56 Å². The van der Waals surface area contributed by atoms with Gasteiger partial charge in [0, 0.05) is 43.1 Å². The van der Waals surface area contributed by atoms with E-state index in [1.807, 2.05) is 67.6 Å². The molecular formula is C23H26N6O. The van der Waals surface area contributed by atoms with Crippen LogP contribution in [0.5, 0.6) is 0 Å². The Hall–Kier alpha value is -3.45. The van der Waals surface area contributed by atoms with E-state index < -0.39 is 0 Å². The van der Waals surface area contributed by atoms with Crippen LogP contribution in [0.15, 0.2) is 60.7 Å². The highest BCUT2D eigenvalue weighted by Crippen LogP contribution is 2.21. The van der Waals surface area contributed by atoms with E-state index in [1.165, 1.54) is 0 Å². The molecule has 0 unspecified atom stereocenters. The number of piperazine rings is 1. The number of aryl methyl sites for hydroxylation is 1. The highest BCUT2D eigenvalue weighted by molar-refractivity contribution is 5.99. The van der Waals surface area contributed by atoms with Crippen LogP contribution in [0.4, 0.5) is 22.0 Å². The van der Waals surface area contributed by atoms with Crippen molar-refractivity contribution in [2.24, 2.45) is 0 Å². The van der Waals surface area contributed by atoms with Crippen molar-refractivity contribution >= 4 is 23.2 Å². The second-order valence-electron chi connectivity index (χ2n) is 7.59. The van der Waals surface area contributed by atoms with E-state index in [1.54, 1.807) is 0 Å². The summed E-state index contributed by atoms with van der Waals surface area (Å²) in [4.78, 5) is 16.8. The summed E-state index contributed by atoms with van der Waals surface area (Å²) in [5.74, 6) is 0.915. The molecular weight excluding hydrogens is 376 g/mol. The first-order valence-electron chi connectivity index (χ1n) is 10.1. The predicted octanol–water partition coefficient (Wildman–Crippen LogP) is 3.85. The monoisotopic (exact) mass is 402 g/mol. The van der Waals surface area contributed by atoms with E-state index in [-0.39, 0.29) is 6.03 Å². The number of aromatic nitrogens is 2. The minimum Gasteiger partial charge on any atom is -0.353 e. The average Bonchev–Trinajstić information content (AvgIpc) is 2.75. The van der Waals surface area contributed by atoms with Gasteiger partial charge in [-0.05, 0) is 55.9 Å². The minimum absolute atomic E-state index is 0.273. The lowest BCUT2D eigenvalue weighted by Gasteiger charge is -2.32. The van der Waals surface area contributed by atoms with Crippen molar-refractivity contribution in [2.75, 3.05) is 48.8 Å². The van der Waals surface area contributed by atoms with Gasteiger partial charge in [-0.1, -0.05) is 24.3 Å². The zero-order valence-electron chi connectivity index (χ0n) is 17.3. The van der Waals surface area contributed by atoms with Crippen molar-refractivity contribution in [3.63, 3.8) is 0 Å². The van der Waals surface area contributed by atoms with E-state index in [9.17, 15) is 4.79 Å². The summed E-state index contributed by atoms with van der Waals surface area (Å²) in [7, 11) is 2.14. The van der Waals surface area contributed by atoms with Gasteiger partial charge in [0.2, 0.25) is 0 Å². The number of hydrogen-bond acceptors (Lipinski definition) is 5. The van der Waals surface area contributed by atoms with E-state index in [0.29, 0.717) is 5.69 Å². The lowest BCUT2D eigenvalue weighted by Crippen LogP contribution is -2.44. The fourth-order valence-corrected chi connectivity index (χ4v) is 3.42. The maximum Gasteiger partial charge on any atom is 0.323 e. The SMILES string of the molecule is Cc1cccc(NC(=O)Nc2ccc(-c3ccc(N4CCN(C)CC4)nn3)cc2)c1. The second kappa shape index (κ2) is 8.92. The molecule has 2 heterocycles. The molecule has 0 aliphatic carbocycles. The Balaban J connectivity index is 1.36. The number of carbonyl (C=O) groups is 1. The van der Waals surface area contributed by atoms with Crippen molar-refractivity contribution in [1.82, 2.24) is 15.1 Å². The number of urea groups is 1. The number of rotatable bonds is 4. The van der Waals surface area contributed by atoms with Gasteiger partial charge in [0.05, 0.1) is 5.69 Å². The number of likely N-dealkylation sites (N-methyl/N-ethyl adjacent to an activating group) is 1. The molecule has 0 atom stereocenters. The van der Waals surface area contributed by atoms with Crippen LogP contribution in [-0.4, -0.2) is 54.4 Å². The molecule has 4 rings (SSSR count). The number of amides is 2. The van der Waals surface area contributed by atoms with Crippen molar-refractivity contribution in [2.45, 2.75) is 6.92 Å². The lowest BCUT2D eigenvalue weighted by atomic mass is 10.1. The van der Waals surface area contributed by atoms with E-state index in [2.05, 4.69) is 37.7 Å². The Bertz CT molecular complexity index is 995. The third kappa shape index (κ3) is 4.93. The third-order valence-corrected chi connectivity index (χ3v) is 5.19. The molecule has 7 nitrogen and oxygen atoms in total. The molecule has 0 saturated carbocycles. The highest BCUT2D eigenvalue weighted by Gasteiger charge is 2.15. The quantitative estimate of drug-likeness (QED) is 0.694. The van der Waals surface area contributed by atoms with Crippen molar-refractivity contribution < 1.29 is 4.79 Å². The van der Waals surface area contributed by atoms with Gasteiger partial charge in [-0.3, -0.25) is 0 Å². The molecule has 0 bridgehead atoms. The first-order chi connectivity index (χ1) is 14.6. The summed E-state index contributed by atoms with van der Waals surface area (Å²) in [5.41, 5.74) is 4.34. The van der Waals surface area contributed by atoms with Gasteiger partial charge in [-0.15, -0.1) is 10.2 Å². The van der Waals surface area contributed by atoms with Gasteiger partial charge >= 0.3 is 6.03 Å². The molecule has 1 aliphatic heterocycles. The molecule has 1 aliphatic rings. The van der Waals surface area contributed by atoms with E-state index in [4.69, 9.17) is 0 Å². The molecule has 154 valence electrons. The number of benzene rings is 2. The van der Waals surface area contributed by atoms with E-state index >= 15 is 0 Å². The van der Waals surface area contributed by atoms with Crippen LogP contribution in [-0.2, 0) is 0 Å². The molecule has 1 saturated heterocycles. The van der Waals surface area contributed by atoms with Crippen molar-refractivity contribution in [3.8, 4) is 11.3 Å². The Morgan fingerprint density at radius 1 is 0.867 bits per heavy atom. The summed E-state index contributed by atoms with van der Waals surface area (Å²) < 4.78 is 0. The normalized spacial score (nSPS) is 14.4. The topological polar surface area (TPSA) is 73.4 Å². The lowest BCUT2D eigenvalue weighted by molar-refractivity contribution is 0.262. The van der Waals surface area contributed by atoms with Gasteiger partial charge in [0.15, 0.2) is 5.82 Å². The first kappa shape index (κ1) is 19.8. The maximum absolute atomic E-state index is 12.2. The van der Waals surface area contributed by atoms with Crippen molar-refractivity contribution in [3.05, 3.63) is 66.2 Å². The Morgan fingerprint density at radius 2 is 1.60 bits per heavy atom. The number of carbonyl (C=O) groups excluding carboxylic acids is 1. The fraction of sp³-hybridized carbons (Fsp3) is 0.261. The molecule has 2 amide bonds. The number of nitrogens with one attached hydrogen (secondary N) is 2. The summed E-state index contributed by atoms with van der Waals surface area (Å²) in [6, 6.07) is 19.0. The predicted molar refractivity (Wildman–Crippen MR) is 121 cm³/mol. The molecule has 2 aromatic carbocycles. The molecule has 3 aromatic rings. The Labute approximate surface area is 176 Å². The number of anilines is 3. The Kier molecular flexibility index (Phi) is 5.90. The van der Waals surface area contributed by atoms with Crippen LogP contribution in [0.25, 0.3) is 11.3 Å². The smallest absolute Gasteiger partial charge is 0.323 e. The van der Waals surface area contributed by atoms with E-state index in [0.717, 1.165) is 54.5 Å². The summed E-state index contributed by atoms with van der Waals surface area (Å²) in [5, 5.41) is 14.5. The van der Waals surface area contributed by atoms with Gasteiger partial charge < -0.3 is 20.4 Å². The van der Waals surface area contributed by atoms with Gasteiger partial charge in [-0.25, -0.2) is 4.79 Å². The second-order valence-corrected chi connectivity index (χ2v) is 7.59. The molecule has 7 heteroatoms. The van der Waals surface area contributed by atoms with Gasteiger partial charge in [0.1, 0.15) is 0 Å². The van der Waals surface area contributed by atoms with Crippen molar-refractivity contribution in [1.29, 1.82) is 0 Å². The molecule has 0 radical (unpaired) electrons. The molecule has 1 aromatic heterocycles. The summed E-state index contributed by atoms with van der Waals surface area (Å²) in [6.07, 6.45) is 0. The highest BCUT2D eigenvalue weighted by atomic mass is 16.2. The third-order valence-electron chi connectivity index (χ3n) is 5.19. The Morgan fingerprint density at radius 3 is 2.27 bits per heavy atom. The molecule has 0 spiro atoms. The molecule has 1 fully saturated rings. The standard InChI is InChI=1S/C23H26N6O/c1-17-4-3-5-20(16-17)25-23(30)24-19-8-6-18(7-9-19)21-10-11-22(27-26-21)29-14-12-28(2)13-15-29/h3-11,16H,12-15H2,1-2H3,(H2,24,25,30). The van der Waals surface area contributed by atoms with Crippen LogP contribution in [0.3, 0.4) is 0 Å². The average molecular weight is 403 g/mol. The zero-order valence-corrected chi connectivity index (χ0v) is 17.3. The van der Waals surface area contributed by atoms with Gasteiger partial charge in [0.25, 0.3) is 0 Å². The molecule has 2 N–H and O–H groups in total. The maximum atomic E-state index is 12.2. The minimum atomic E-state index is -0.273. The largest absolute Gasteiger partial charge is 0.353 e.